The number of imidazole rings is 1. The first-order chi connectivity index (χ1) is 11.8. The van der Waals surface area contributed by atoms with Crippen molar-refractivity contribution in [3.63, 3.8) is 0 Å². The van der Waals surface area contributed by atoms with Crippen LogP contribution in [0.4, 0.5) is 0 Å². The van der Waals surface area contributed by atoms with E-state index in [1.807, 2.05) is 49.5 Å². The first kappa shape index (κ1) is 14.5. The van der Waals surface area contributed by atoms with E-state index >= 15 is 0 Å². The molecule has 0 aliphatic carbocycles. The second kappa shape index (κ2) is 6.21. The standard InChI is InChI=1S/C17H15N5O2/c1-2-23-11-16-20-17(21-24-16)13-6-3-5-12(9-13)14-10-22-15(19-14)7-4-8-18-22/h3-10H,2,11H2,1H3. The second-order valence-electron chi connectivity index (χ2n) is 5.18. The third-order valence-electron chi connectivity index (χ3n) is 3.55. The fraction of sp³-hybridized carbons (Fsp3) is 0.176. The van der Waals surface area contributed by atoms with Crippen LogP contribution >= 0.6 is 0 Å². The molecule has 0 N–H and O–H groups in total. The van der Waals surface area contributed by atoms with Crippen molar-refractivity contribution in [2.24, 2.45) is 0 Å². The van der Waals surface area contributed by atoms with Crippen LogP contribution in [0.15, 0.2) is 53.3 Å². The summed E-state index contributed by atoms with van der Waals surface area (Å²) in [5, 5.41) is 8.25. The third kappa shape index (κ3) is 2.77. The molecule has 1 aromatic carbocycles. The molecule has 7 heteroatoms. The second-order valence-corrected chi connectivity index (χ2v) is 5.18. The summed E-state index contributed by atoms with van der Waals surface area (Å²) in [7, 11) is 0. The quantitative estimate of drug-likeness (QED) is 0.562. The number of benzene rings is 1. The molecule has 0 aliphatic heterocycles. The van der Waals surface area contributed by atoms with E-state index < -0.39 is 0 Å². The Bertz CT molecular complexity index is 943. The Morgan fingerprint density at radius 3 is 2.92 bits per heavy atom. The Kier molecular flexibility index (Phi) is 3.76. The van der Waals surface area contributed by atoms with Crippen LogP contribution in [0.1, 0.15) is 12.8 Å². The lowest BCUT2D eigenvalue weighted by molar-refractivity contribution is 0.109. The van der Waals surface area contributed by atoms with E-state index in [-0.39, 0.29) is 0 Å². The van der Waals surface area contributed by atoms with Crippen LogP contribution < -0.4 is 0 Å². The third-order valence-corrected chi connectivity index (χ3v) is 3.55. The first-order valence-electron chi connectivity index (χ1n) is 7.65. The molecule has 0 spiro atoms. The van der Waals surface area contributed by atoms with Crippen LogP contribution in [-0.2, 0) is 11.3 Å². The Balaban J connectivity index is 1.67. The summed E-state index contributed by atoms with van der Waals surface area (Å²) in [5.74, 6) is 1.00. The average molecular weight is 321 g/mol. The fourth-order valence-corrected chi connectivity index (χ4v) is 2.41. The van der Waals surface area contributed by atoms with Gasteiger partial charge in [0, 0.05) is 23.9 Å². The molecule has 0 bridgehead atoms. The molecule has 3 aromatic heterocycles. The van der Waals surface area contributed by atoms with Crippen molar-refractivity contribution in [2.75, 3.05) is 6.61 Å². The predicted molar refractivity (Wildman–Crippen MR) is 87.0 cm³/mol. The maximum atomic E-state index is 5.28. The lowest BCUT2D eigenvalue weighted by atomic mass is 10.1. The summed E-state index contributed by atoms with van der Waals surface area (Å²) in [4.78, 5) is 8.93. The van der Waals surface area contributed by atoms with Crippen LogP contribution in [-0.4, -0.2) is 31.3 Å². The normalized spacial score (nSPS) is 11.2. The zero-order valence-electron chi connectivity index (χ0n) is 13.1. The number of fused-ring (bicyclic) bond motifs is 1. The Morgan fingerprint density at radius 1 is 1.12 bits per heavy atom. The highest BCUT2D eigenvalue weighted by Crippen LogP contribution is 2.24. The van der Waals surface area contributed by atoms with Crippen LogP contribution in [0.25, 0.3) is 28.3 Å². The molecule has 4 rings (SSSR count). The van der Waals surface area contributed by atoms with Crippen LogP contribution in [0.5, 0.6) is 0 Å². The molecule has 0 unspecified atom stereocenters. The van der Waals surface area contributed by atoms with Gasteiger partial charge in [0.05, 0.1) is 11.9 Å². The molecule has 0 radical (unpaired) electrons. The summed E-state index contributed by atoms with van der Waals surface area (Å²) in [6, 6.07) is 11.6. The molecule has 7 nitrogen and oxygen atoms in total. The molecular weight excluding hydrogens is 306 g/mol. The Morgan fingerprint density at radius 2 is 2.04 bits per heavy atom. The largest absolute Gasteiger partial charge is 0.372 e. The minimum absolute atomic E-state index is 0.321. The predicted octanol–water partition coefficient (Wildman–Crippen LogP) is 2.98. The lowest BCUT2D eigenvalue weighted by Gasteiger charge is -1.99. The average Bonchev–Trinajstić information content (AvgIpc) is 3.27. The minimum Gasteiger partial charge on any atom is -0.372 e. The highest BCUT2D eigenvalue weighted by atomic mass is 16.5. The van der Waals surface area contributed by atoms with Crippen molar-refractivity contribution in [1.82, 2.24) is 24.7 Å². The van der Waals surface area contributed by atoms with Crippen molar-refractivity contribution in [3.8, 4) is 22.6 Å². The highest BCUT2D eigenvalue weighted by molar-refractivity contribution is 5.69. The van der Waals surface area contributed by atoms with E-state index in [2.05, 4.69) is 20.2 Å². The number of nitrogens with zero attached hydrogens (tertiary/aromatic N) is 5. The first-order valence-corrected chi connectivity index (χ1v) is 7.65. The summed E-state index contributed by atoms with van der Waals surface area (Å²) in [5.41, 5.74) is 3.48. The zero-order chi connectivity index (χ0) is 16.4. The fourth-order valence-electron chi connectivity index (χ4n) is 2.41. The van der Waals surface area contributed by atoms with E-state index in [1.165, 1.54) is 0 Å². The van der Waals surface area contributed by atoms with Crippen LogP contribution in [0, 0.1) is 0 Å². The van der Waals surface area contributed by atoms with Crippen LogP contribution in [0.3, 0.4) is 0 Å². The summed E-state index contributed by atoms with van der Waals surface area (Å²) in [6.07, 6.45) is 3.62. The van der Waals surface area contributed by atoms with Gasteiger partial charge in [-0.2, -0.15) is 10.1 Å². The summed E-state index contributed by atoms with van der Waals surface area (Å²) < 4.78 is 12.2. The van der Waals surface area contributed by atoms with Gasteiger partial charge in [-0.05, 0) is 25.1 Å². The number of rotatable bonds is 5. The molecule has 0 saturated carbocycles. The Labute approximate surface area is 137 Å². The van der Waals surface area contributed by atoms with Crippen LogP contribution in [0.2, 0.25) is 0 Å². The van der Waals surface area contributed by atoms with Gasteiger partial charge in [0.2, 0.25) is 5.82 Å². The molecule has 0 aliphatic rings. The molecule has 0 saturated heterocycles. The van der Waals surface area contributed by atoms with Gasteiger partial charge in [0.25, 0.3) is 5.89 Å². The van der Waals surface area contributed by atoms with Gasteiger partial charge >= 0.3 is 0 Å². The number of hydrogen-bond donors (Lipinski definition) is 0. The van der Waals surface area contributed by atoms with Crippen molar-refractivity contribution in [3.05, 3.63) is 54.7 Å². The van der Waals surface area contributed by atoms with Crippen molar-refractivity contribution >= 4 is 5.65 Å². The SMILES string of the molecule is CCOCc1nc(-c2cccc(-c3cn4ncccc4n3)c2)no1. The maximum Gasteiger partial charge on any atom is 0.252 e. The van der Waals surface area contributed by atoms with E-state index in [4.69, 9.17) is 9.26 Å². The smallest absolute Gasteiger partial charge is 0.252 e. The molecule has 120 valence electrons. The van der Waals surface area contributed by atoms with Gasteiger partial charge in [-0.1, -0.05) is 23.4 Å². The monoisotopic (exact) mass is 321 g/mol. The summed E-state index contributed by atoms with van der Waals surface area (Å²) in [6.45, 7) is 2.85. The van der Waals surface area contributed by atoms with Gasteiger partial charge in [-0.25, -0.2) is 9.50 Å². The van der Waals surface area contributed by atoms with Crippen molar-refractivity contribution in [2.45, 2.75) is 13.5 Å². The Hall–Kier alpha value is -3.06. The van der Waals surface area contributed by atoms with Gasteiger partial charge in [-0.15, -0.1) is 0 Å². The molecule has 24 heavy (non-hydrogen) atoms. The molecule has 0 amide bonds. The molecule has 0 fully saturated rings. The molecular formula is C17H15N5O2. The van der Waals surface area contributed by atoms with E-state index in [0.717, 1.165) is 22.5 Å². The van der Waals surface area contributed by atoms with E-state index in [1.54, 1.807) is 10.7 Å². The van der Waals surface area contributed by atoms with Crippen molar-refractivity contribution < 1.29 is 9.26 Å². The van der Waals surface area contributed by atoms with E-state index in [0.29, 0.717) is 24.9 Å². The molecule has 0 atom stereocenters. The van der Waals surface area contributed by atoms with E-state index in [9.17, 15) is 0 Å². The van der Waals surface area contributed by atoms with Gasteiger partial charge in [0.1, 0.15) is 6.61 Å². The minimum atomic E-state index is 0.321. The van der Waals surface area contributed by atoms with Crippen molar-refractivity contribution in [1.29, 1.82) is 0 Å². The topological polar surface area (TPSA) is 78.3 Å². The number of aromatic nitrogens is 5. The number of ether oxygens (including phenoxy) is 1. The highest BCUT2D eigenvalue weighted by Gasteiger charge is 2.11. The number of hydrogen-bond acceptors (Lipinski definition) is 6. The lowest BCUT2D eigenvalue weighted by Crippen LogP contribution is -1.91. The molecule has 3 heterocycles. The molecule has 4 aromatic rings. The zero-order valence-corrected chi connectivity index (χ0v) is 13.1. The maximum absolute atomic E-state index is 5.28. The van der Waals surface area contributed by atoms with Gasteiger partial charge in [0.15, 0.2) is 5.65 Å². The van der Waals surface area contributed by atoms with Gasteiger partial charge in [-0.3, -0.25) is 0 Å². The summed E-state index contributed by atoms with van der Waals surface area (Å²) >= 11 is 0. The van der Waals surface area contributed by atoms with Gasteiger partial charge < -0.3 is 9.26 Å².